The topological polar surface area (TPSA) is 43.8 Å². The summed E-state index contributed by atoms with van der Waals surface area (Å²) in [6.45, 7) is 8.50. The number of benzene rings is 1. The van der Waals surface area contributed by atoms with Gasteiger partial charge < -0.3 is 10.3 Å². The average molecular weight is 320 g/mol. The Balaban J connectivity index is 2.39. The molecule has 0 saturated carbocycles. The monoisotopic (exact) mass is 319 g/mol. The lowest BCUT2D eigenvalue weighted by molar-refractivity contribution is 0.624. The number of imidazole rings is 1. The number of fused-ring (bicyclic) bond motifs is 1. The summed E-state index contributed by atoms with van der Waals surface area (Å²) < 4.78 is 2.21. The van der Waals surface area contributed by atoms with Gasteiger partial charge in [0.1, 0.15) is 5.82 Å². The Morgan fingerprint density at radius 1 is 1.29 bits per heavy atom. The second-order valence-corrected chi connectivity index (χ2v) is 7.25. The number of rotatable bonds is 2. The Kier molecular flexibility index (Phi) is 3.46. The van der Waals surface area contributed by atoms with Crippen LogP contribution in [-0.2, 0) is 0 Å². The summed E-state index contributed by atoms with van der Waals surface area (Å²) in [4.78, 5) is 6.05. The fraction of sp³-hybridized carbons (Fsp3) is 0.312. The first-order chi connectivity index (χ1) is 9.90. The summed E-state index contributed by atoms with van der Waals surface area (Å²) in [7, 11) is 0. The van der Waals surface area contributed by atoms with Crippen LogP contribution >= 0.6 is 22.9 Å². The minimum absolute atomic E-state index is 0.280. The first kappa shape index (κ1) is 14.4. The van der Waals surface area contributed by atoms with Gasteiger partial charge in [-0.05, 0) is 51.5 Å². The molecule has 0 aliphatic rings. The van der Waals surface area contributed by atoms with Crippen LogP contribution in [0.25, 0.3) is 22.4 Å². The molecular weight excluding hydrogens is 302 g/mol. The molecule has 0 spiro atoms. The van der Waals surface area contributed by atoms with Crippen molar-refractivity contribution in [2.75, 3.05) is 5.73 Å². The lowest BCUT2D eigenvalue weighted by Crippen LogP contribution is -2.04. The van der Waals surface area contributed by atoms with E-state index in [0.717, 1.165) is 32.4 Å². The van der Waals surface area contributed by atoms with Gasteiger partial charge in [0.05, 0.1) is 21.6 Å². The molecule has 0 fully saturated rings. The molecule has 0 radical (unpaired) electrons. The summed E-state index contributed by atoms with van der Waals surface area (Å²) in [6.07, 6.45) is 0. The third-order valence-corrected chi connectivity index (χ3v) is 5.08. The van der Waals surface area contributed by atoms with E-state index in [-0.39, 0.29) is 6.04 Å². The Hall–Kier alpha value is -1.52. The van der Waals surface area contributed by atoms with Crippen LogP contribution in [-0.4, -0.2) is 9.55 Å². The second-order valence-electron chi connectivity index (χ2n) is 5.55. The fourth-order valence-electron chi connectivity index (χ4n) is 2.70. The number of aryl methyl sites for hydroxylation is 1. The molecule has 2 heterocycles. The van der Waals surface area contributed by atoms with E-state index in [1.807, 2.05) is 18.2 Å². The highest BCUT2D eigenvalue weighted by atomic mass is 35.5. The molecule has 21 heavy (non-hydrogen) atoms. The van der Waals surface area contributed by atoms with E-state index in [0.29, 0.717) is 0 Å². The Morgan fingerprint density at radius 2 is 2.00 bits per heavy atom. The molecule has 2 aromatic heterocycles. The summed E-state index contributed by atoms with van der Waals surface area (Å²) >= 11 is 7.78. The van der Waals surface area contributed by atoms with E-state index in [2.05, 4.69) is 32.3 Å². The lowest BCUT2D eigenvalue weighted by Gasteiger charge is -2.13. The van der Waals surface area contributed by atoms with Crippen LogP contribution < -0.4 is 5.73 Å². The van der Waals surface area contributed by atoms with Crippen LogP contribution in [0.1, 0.15) is 30.3 Å². The molecule has 0 amide bonds. The quantitative estimate of drug-likeness (QED) is 0.705. The van der Waals surface area contributed by atoms with Crippen LogP contribution in [0, 0.1) is 13.8 Å². The smallest absolute Gasteiger partial charge is 0.144 e. The van der Waals surface area contributed by atoms with E-state index < -0.39 is 0 Å². The van der Waals surface area contributed by atoms with Gasteiger partial charge in [0.25, 0.3) is 0 Å². The fourth-order valence-corrected chi connectivity index (χ4v) is 3.79. The second kappa shape index (κ2) is 5.04. The van der Waals surface area contributed by atoms with E-state index in [1.165, 1.54) is 10.4 Å². The number of aromatic nitrogens is 2. The van der Waals surface area contributed by atoms with Crippen molar-refractivity contribution in [2.24, 2.45) is 0 Å². The van der Waals surface area contributed by atoms with Crippen molar-refractivity contribution in [3.63, 3.8) is 0 Å². The molecule has 2 N–H and O–H groups in total. The van der Waals surface area contributed by atoms with E-state index in [4.69, 9.17) is 22.3 Å². The van der Waals surface area contributed by atoms with Crippen molar-refractivity contribution in [3.05, 3.63) is 33.7 Å². The standard InChI is InChI=1S/C16H18ClN3S/c1-8(2)20-13-7-11(17)5-6-12(13)19-16(20)14-9(3)10(4)21-15(14)18/h5-8H,18H2,1-4H3. The Bertz CT molecular complexity index is 830. The number of anilines is 1. The number of nitrogens with two attached hydrogens (primary N) is 1. The van der Waals surface area contributed by atoms with Gasteiger partial charge in [-0.15, -0.1) is 11.3 Å². The molecular formula is C16H18ClN3S. The first-order valence-corrected chi connectivity index (χ1v) is 8.13. The SMILES string of the molecule is Cc1sc(N)c(-c2nc3ccc(Cl)cc3n2C(C)C)c1C. The number of hydrogen-bond donors (Lipinski definition) is 1. The van der Waals surface area contributed by atoms with Crippen LogP contribution in [0.15, 0.2) is 18.2 Å². The molecule has 1 aromatic carbocycles. The number of nitrogens with zero attached hydrogens (tertiary/aromatic N) is 2. The Labute approximate surface area is 133 Å². The summed E-state index contributed by atoms with van der Waals surface area (Å²) in [6, 6.07) is 6.09. The number of thiophene rings is 1. The van der Waals surface area contributed by atoms with Gasteiger partial charge in [-0.25, -0.2) is 4.98 Å². The molecule has 0 aliphatic carbocycles. The normalized spacial score (nSPS) is 11.7. The molecule has 110 valence electrons. The van der Waals surface area contributed by atoms with Crippen LogP contribution in [0.3, 0.4) is 0 Å². The number of halogens is 1. The van der Waals surface area contributed by atoms with Gasteiger partial charge in [-0.1, -0.05) is 11.6 Å². The van der Waals surface area contributed by atoms with Gasteiger partial charge in [0.2, 0.25) is 0 Å². The van der Waals surface area contributed by atoms with Crippen LogP contribution in [0.2, 0.25) is 5.02 Å². The van der Waals surface area contributed by atoms with Crippen molar-refractivity contribution in [1.29, 1.82) is 0 Å². The van der Waals surface area contributed by atoms with Gasteiger partial charge in [-0.3, -0.25) is 0 Å². The highest BCUT2D eigenvalue weighted by Gasteiger charge is 2.21. The van der Waals surface area contributed by atoms with Crippen molar-refractivity contribution >= 4 is 39.0 Å². The number of hydrogen-bond acceptors (Lipinski definition) is 3. The molecule has 3 aromatic rings. The zero-order chi connectivity index (χ0) is 15.3. The molecule has 5 heteroatoms. The molecule has 3 rings (SSSR count). The summed E-state index contributed by atoms with van der Waals surface area (Å²) in [5.41, 5.74) is 10.5. The van der Waals surface area contributed by atoms with Gasteiger partial charge >= 0.3 is 0 Å². The third kappa shape index (κ3) is 2.23. The van der Waals surface area contributed by atoms with Crippen molar-refractivity contribution in [2.45, 2.75) is 33.7 Å². The molecule has 0 bridgehead atoms. The van der Waals surface area contributed by atoms with Crippen molar-refractivity contribution in [3.8, 4) is 11.4 Å². The minimum atomic E-state index is 0.280. The maximum atomic E-state index is 6.23. The van der Waals surface area contributed by atoms with E-state index >= 15 is 0 Å². The summed E-state index contributed by atoms with van der Waals surface area (Å²) in [5, 5.41) is 1.55. The first-order valence-electron chi connectivity index (χ1n) is 6.93. The summed E-state index contributed by atoms with van der Waals surface area (Å²) in [5.74, 6) is 0.932. The maximum Gasteiger partial charge on any atom is 0.144 e. The molecule has 0 unspecified atom stereocenters. The average Bonchev–Trinajstić information content (AvgIpc) is 2.87. The number of nitrogen functional groups attached to an aromatic ring is 1. The Morgan fingerprint density at radius 3 is 2.57 bits per heavy atom. The largest absolute Gasteiger partial charge is 0.390 e. The van der Waals surface area contributed by atoms with Gasteiger partial charge in [0.15, 0.2) is 0 Å². The lowest BCUT2D eigenvalue weighted by atomic mass is 10.1. The van der Waals surface area contributed by atoms with E-state index in [1.54, 1.807) is 11.3 Å². The van der Waals surface area contributed by atoms with Crippen LogP contribution in [0.5, 0.6) is 0 Å². The van der Waals surface area contributed by atoms with E-state index in [9.17, 15) is 0 Å². The zero-order valence-electron chi connectivity index (χ0n) is 12.6. The molecule has 3 nitrogen and oxygen atoms in total. The minimum Gasteiger partial charge on any atom is -0.390 e. The highest BCUT2D eigenvalue weighted by Crippen LogP contribution is 2.40. The molecule has 0 atom stereocenters. The van der Waals surface area contributed by atoms with Gasteiger partial charge in [-0.2, -0.15) is 0 Å². The molecule has 0 saturated heterocycles. The molecule has 0 aliphatic heterocycles. The zero-order valence-corrected chi connectivity index (χ0v) is 14.1. The van der Waals surface area contributed by atoms with Crippen molar-refractivity contribution in [1.82, 2.24) is 9.55 Å². The van der Waals surface area contributed by atoms with Gasteiger partial charge in [0, 0.05) is 15.9 Å². The van der Waals surface area contributed by atoms with Crippen molar-refractivity contribution < 1.29 is 0 Å². The maximum absolute atomic E-state index is 6.23. The third-order valence-electron chi connectivity index (χ3n) is 3.80. The predicted octanol–water partition coefficient (Wildman–Crippen LogP) is 5.20. The highest BCUT2D eigenvalue weighted by molar-refractivity contribution is 7.16. The van der Waals surface area contributed by atoms with Crippen LogP contribution in [0.4, 0.5) is 5.00 Å². The predicted molar refractivity (Wildman–Crippen MR) is 92.3 cm³/mol.